The van der Waals surface area contributed by atoms with Crippen molar-refractivity contribution in [2.75, 3.05) is 12.3 Å². The van der Waals surface area contributed by atoms with Crippen LogP contribution >= 0.6 is 0 Å². The average molecular weight is 192 g/mol. The largest absolute Gasteiger partial charge is 0.490 e. The van der Waals surface area contributed by atoms with Gasteiger partial charge in [0.2, 0.25) is 0 Å². The molecule has 4 nitrogen and oxygen atoms in total. The van der Waals surface area contributed by atoms with E-state index in [-0.39, 0.29) is 6.61 Å². The van der Waals surface area contributed by atoms with Crippen molar-refractivity contribution in [3.8, 4) is 11.8 Å². The van der Waals surface area contributed by atoms with Crippen molar-refractivity contribution in [3.05, 3.63) is 23.8 Å². The highest BCUT2D eigenvalue weighted by Gasteiger charge is 2.04. The SMILES string of the molecule is CC(O)COc1ccc(N)cc1C#N. The van der Waals surface area contributed by atoms with Gasteiger partial charge < -0.3 is 15.6 Å². The topological polar surface area (TPSA) is 79.3 Å². The second-order valence-corrected chi connectivity index (χ2v) is 3.03. The smallest absolute Gasteiger partial charge is 0.137 e. The lowest BCUT2D eigenvalue weighted by Crippen LogP contribution is -2.13. The second kappa shape index (κ2) is 4.49. The summed E-state index contributed by atoms with van der Waals surface area (Å²) < 4.78 is 5.22. The molecule has 0 heterocycles. The molecular weight excluding hydrogens is 180 g/mol. The van der Waals surface area contributed by atoms with Crippen LogP contribution in [0.4, 0.5) is 5.69 Å². The van der Waals surface area contributed by atoms with Crippen LogP contribution in [0.25, 0.3) is 0 Å². The van der Waals surface area contributed by atoms with Crippen molar-refractivity contribution in [1.82, 2.24) is 0 Å². The highest BCUT2D eigenvalue weighted by molar-refractivity contribution is 5.53. The van der Waals surface area contributed by atoms with Gasteiger partial charge in [-0.3, -0.25) is 0 Å². The van der Waals surface area contributed by atoms with Crippen molar-refractivity contribution < 1.29 is 9.84 Å². The van der Waals surface area contributed by atoms with Crippen molar-refractivity contribution in [1.29, 1.82) is 5.26 Å². The first-order valence-electron chi connectivity index (χ1n) is 4.24. The Labute approximate surface area is 82.5 Å². The third kappa shape index (κ3) is 2.64. The van der Waals surface area contributed by atoms with E-state index < -0.39 is 6.10 Å². The van der Waals surface area contributed by atoms with Gasteiger partial charge in [0.1, 0.15) is 18.4 Å². The van der Waals surface area contributed by atoms with Gasteiger partial charge in [0, 0.05) is 5.69 Å². The van der Waals surface area contributed by atoms with Crippen LogP contribution in [0.5, 0.6) is 5.75 Å². The third-order valence-corrected chi connectivity index (χ3v) is 1.60. The lowest BCUT2D eigenvalue weighted by atomic mass is 10.2. The van der Waals surface area contributed by atoms with Gasteiger partial charge in [-0.25, -0.2) is 0 Å². The van der Waals surface area contributed by atoms with E-state index in [4.69, 9.17) is 20.8 Å². The van der Waals surface area contributed by atoms with Gasteiger partial charge in [0.15, 0.2) is 0 Å². The summed E-state index contributed by atoms with van der Waals surface area (Å²) in [7, 11) is 0. The molecule has 0 radical (unpaired) electrons. The number of anilines is 1. The van der Waals surface area contributed by atoms with Crippen LogP contribution in [0.2, 0.25) is 0 Å². The van der Waals surface area contributed by atoms with E-state index in [1.807, 2.05) is 6.07 Å². The number of nitrogen functional groups attached to an aromatic ring is 1. The minimum absolute atomic E-state index is 0.165. The summed E-state index contributed by atoms with van der Waals surface area (Å²) in [4.78, 5) is 0. The molecule has 1 rings (SSSR count). The zero-order valence-electron chi connectivity index (χ0n) is 7.90. The number of nitriles is 1. The molecule has 1 aromatic carbocycles. The van der Waals surface area contributed by atoms with Crippen LogP contribution in [0, 0.1) is 11.3 Å². The molecule has 14 heavy (non-hydrogen) atoms. The molecule has 0 aliphatic carbocycles. The molecule has 0 amide bonds. The van der Waals surface area contributed by atoms with E-state index in [2.05, 4.69) is 0 Å². The molecule has 74 valence electrons. The number of hydrogen-bond donors (Lipinski definition) is 2. The molecule has 0 bridgehead atoms. The van der Waals surface area contributed by atoms with Crippen molar-refractivity contribution in [2.45, 2.75) is 13.0 Å². The summed E-state index contributed by atoms with van der Waals surface area (Å²) in [5.41, 5.74) is 6.40. The fraction of sp³-hybridized carbons (Fsp3) is 0.300. The molecule has 0 fully saturated rings. The molecule has 1 atom stereocenters. The van der Waals surface area contributed by atoms with Crippen LogP contribution in [0.15, 0.2) is 18.2 Å². The van der Waals surface area contributed by atoms with Gasteiger partial charge in [0.05, 0.1) is 11.7 Å². The van der Waals surface area contributed by atoms with Crippen LogP contribution in [-0.4, -0.2) is 17.8 Å². The molecule has 0 saturated carbocycles. The average Bonchev–Trinajstić information content (AvgIpc) is 2.15. The summed E-state index contributed by atoms with van der Waals surface area (Å²) in [5.74, 6) is 0.447. The number of aliphatic hydroxyl groups excluding tert-OH is 1. The normalized spacial score (nSPS) is 11.8. The summed E-state index contributed by atoms with van der Waals surface area (Å²) in [6.45, 7) is 1.78. The Morgan fingerprint density at radius 2 is 2.36 bits per heavy atom. The Bertz CT molecular complexity index is 356. The Kier molecular flexibility index (Phi) is 3.32. The van der Waals surface area contributed by atoms with E-state index in [1.165, 1.54) is 6.07 Å². The Morgan fingerprint density at radius 3 is 2.93 bits per heavy atom. The Morgan fingerprint density at radius 1 is 1.64 bits per heavy atom. The highest BCUT2D eigenvalue weighted by atomic mass is 16.5. The zero-order valence-corrected chi connectivity index (χ0v) is 7.90. The predicted octanol–water partition coefficient (Wildman–Crippen LogP) is 0.900. The van der Waals surface area contributed by atoms with Gasteiger partial charge in [-0.1, -0.05) is 0 Å². The number of nitrogens with zero attached hydrogens (tertiary/aromatic N) is 1. The summed E-state index contributed by atoms with van der Waals surface area (Å²) in [6, 6.07) is 6.78. The van der Waals surface area contributed by atoms with Gasteiger partial charge in [0.25, 0.3) is 0 Å². The molecular formula is C10H12N2O2. The maximum absolute atomic E-state index is 9.00. The number of ether oxygens (including phenoxy) is 1. The van der Waals surface area contributed by atoms with Gasteiger partial charge in [-0.05, 0) is 25.1 Å². The number of nitrogens with two attached hydrogens (primary N) is 1. The maximum Gasteiger partial charge on any atom is 0.137 e. The van der Waals surface area contributed by atoms with Gasteiger partial charge in [-0.15, -0.1) is 0 Å². The molecule has 0 spiro atoms. The minimum Gasteiger partial charge on any atom is -0.490 e. The van der Waals surface area contributed by atoms with Crippen LogP contribution in [-0.2, 0) is 0 Å². The number of hydrogen-bond acceptors (Lipinski definition) is 4. The highest BCUT2D eigenvalue weighted by Crippen LogP contribution is 2.20. The Balaban J connectivity index is 2.82. The third-order valence-electron chi connectivity index (χ3n) is 1.60. The van der Waals surface area contributed by atoms with E-state index in [0.29, 0.717) is 17.0 Å². The second-order valence-electron chi connectivity index (χ2n) is 3.03. The molecule has 4 heteroatoms. The molecule has 0 saturated heterocycles. The van der Waals surface area contributed by atoms with Crippen LogP contribution < -0.4 is 10.5 Å². The molecule has 0 aromatic heterocycles. The first-order valence-corrected chi connectivity index (χ1v) is 4.24. The molecule has 3 N–H and O–H groups in total. The molecule has 0 aliphatic rings. The quantitative estimate of drug-likeness (QED) is 0.697. The fourth-order valence-electron chi connectivity index (χ4n) is 0.971. The van der Waals surface area contributed by atoms with Crippen LogP contribution in [0.3, 0.4) is 0 Å². The molecule has 1 aromatic rings. The number of aliphatic hydroxyl groups is 1. The predicted molar refractivity (Wildman–Crippen MR) is 52.7 cm³/mol. The number of rotatable bonds is 3. The Hall–Kier alpha value is -1.73. The van der Waals surface area contributed by atoms with Gasteiger partial charge >= 0.3 is 0 Å². The lowest BCUT2D eigenvalue weighted by molar-refractivity contribution is 0.122. The van der Waals surface area contributed by atoms with E-state index >= 15 is 0 Å². The van der Waals surface area contributed by atoms with Gasteiger partial charge in [-0.2, -0.15) is 5.26 Å². The molecule has 0 aliphatic heterocycles. The zero-order chi connectivity index (χ0) is 10.6. The van der Waals surface area contributed by atoms with Crippen molar-refractivity contribution >= 4 is 5.69 Å². The first kappa shape index (κ1) is 10.4. The molecule has 1 unspecified atom stereocenters. The minimum atomic E-state index is -0.556. The van der Waals surface area contributed by atoms with E-state index in [9.17, 15) is 0 Å². The lowest BCUT2D eigenvalue weighted by Gasteiger charge is -2.09. The van der Waals surface area contributed by atoms with E-state index in [0.717, 1.165) is 0 Å². The summed E-state index contributed by atoms with van der Waals surface area (Å²) in [6.07, 6.45) is -0.556. The fourth-order valence-corrected chi connectivity index (χ4v) is 0.971. The summed E-state index contributed by atoms with van der Waals surface area (Å²) >= 11 is 0. The first-order chi connectivity index (χ1) is 6.63. The van der Waals surface area contributed by atoms with Crippen LogP contribution in [0.1, 0.15) is 12.5 Å². The number of benzene rings is 1. The van der Waals surface area contributed by atoms with Crippen molar-refractivity contribution in [2.24, 2.45) is 0 Å². The monoisotopic (exact) mass is 192 g/mol. The standard InChI is InChI=1S/C10H12N2O2/c1-7(13)6-14-10-3-2-9(12)4-8(10)5-11/h2-4,7,13H,6,12H2,1H3. The maximum atomic E-state index is 9.00. The summed E-state index contributed by atoms with van der Waals surface area (Å²) in [5, 5.41) is 17.8. The van der Waals surface area contributed by atoms with Crippen molar-refractivity contribution in [3.63, 3.8) is 0 Å². The van der Waals surface area contributed by atoms with E-state index in [1.54, 1.807) is 19.1 Å².